The lowest BCUT2D eigenvalue weighted by molar-refractivity contribution is -0.120. The molecule has 0 fully saturated rings. The normalized spacial score (nSPS) is 13.4. The molecule has 0 spiro atoms. The molecular weight excluding hydrogens is 383 g/mol. The van der Waals surface area contributed by atoms with E-state index in [0.717, 1.165) is 0 Å². The molecule has 0 radical (unpaired) electrons. The van der Waals surface area contributed by atoms with Crippen molar-refractivity contribution >= 4 is 17.3 Å². The summed E-state index contributed by atoms with van der Waals surface area (Å²) >= 11 is 5.94. The molecule has 0 saturated carbocycles. The van der Waals surface area contributed by atoms with Crippen molar-refractivity contribution in [2.45, 2.75) is 12.7 Å². The lowest BCUT2D eigenvalue weighted by Crippen LogP contribution is -2.35. The molecule has 4 rings (SSSR count). The van der Waals surface area contributed by atoms with Crippen molar-refractivity contribution in [1.29, 1.82) is 0 Å². The number of nitrogens with zero attached hydrogens (tertiary/aromatic N) is 3. The Morgan fingerprint density at radius 2 is 1.93 bits per heavy atom. The van der Waals surface area contributed by atoms with Crippen molar-refractivity contribution in [2.75, 3.05) is 11.4 Å². The molecule has 5 nitrogen and oxygen atoms in total. The van der Waals surface area contributed by atoms with Crippen molar-refractivity contribution in [1.82, 2.24) is 9.94 Å². The molecule has 1 aliphatic heterocycles. The van der Waals surface area contributed by atoms with Crippen LogP contribution in [0, 0.1) is 0 Å². The van der Waals surface area contributed by atoms with Gasteiger partial charge >= 0.3 is 6.18 Å². The van der Waals surface area contributed by atoms with E-state index < -0.39 is 12.7 Å². The van der Waals surface area contributed by atoms with E-state index in [1.54, 1.807) is 30.3 Å². The quantitative estimate of drug-likeness (QED) is 0.618. The lowest BCUT2D eigenvalue weighted by atomic mass is 9.95. The van der Waals surface area contributed by atoms with Gasteiger partial charge in [-0.2, -0.15) is 13.2 Å². The second kappa shape index (κ2) is 6.09. The minimum Gasteiger partial charge on any atom is -0.506 e. The van der Waals surface area contributed by atoms with Gasteiger partial charge in [-0.3, -0.25) is 0 Å². The first kappa shape index (κ1) is 17.5. The Hall–Kier alpha value is -2.87. The van der Waals surface area contributed by atoms with Gasteiger partial charge < -0.3 is 15.2 Å². The van der Waals surface area contributed by atoms with Gasteiger partial charge in [0, 0.05) is 28.9 Å². The molecule has 9 heteroatoms. The standard InChI is InChI=1S/C18H13ClF3N3O2/c19-14-3-1-2-12(17(14)26)10-4-5-13-15(6-10)24(9-18(20,21)22)8-11-7-23-25(27)16(11)13/h1-7,26-27H,8-9H2. The highest BCUT2D eigenvalue weighted by Crippen LogP contribution is 2.44. The molecule has 0 aliphatic carbocycles. The summed E-state index contributed by atoms with van der Waals surface area (Å²) in [4.78, 5) is 1.83. The van der Waals surface area contributed by atoms with Crippen LogP contribution in [0.15, 0.2) is 42.6 Å². The summed E-state index contributed by atoms with van der Waals surface area (Å²) in [5.74, 6) is -0.148. The molecule has 2 aromatic carbocycles. The summed E-state index contributed by atoms with van der Waals surface area (Å²) < 4.78 is 39.3. The van der Waals surface area contributed by atoms with Crippen LogP contribution in [0.3, 0.4) is 0 Å². The average molecular weight is 396 g/mol. The van der Waals surface area contributed by atoms with Crippen LogP contribution in [0.5, 0.6) is 5.75 Å². The number of halogens is 4. The third-order valence-corrected chi connectivity index (χ3v) is 4.75. The van der Waals surface area contributed by atoms with Crippen molar-refractivity contribution in [3.63, 3.8) is 0 Å². The zero-order valence-corrected chi connectivity index (χ0v) is 14.5. The Labute approximate surface area is 156 Å². The van der Waals surface area contributed by atoms with Crippen LogP contribution in [-0.4, -0.2) is 33.0 Å². The number of phenols is 1. The summed E-state index contributed by atoms with van der Waals surface area (Å²) in [6.45, 7) is -1.20. The first-order valence-corrected chi connectivity index (χ1v) is 8.32. The molecule has 1 aliphatic rings. The summed E-state index contributed by atoms with van der Waals surface area (Å²) in [6, 6.07) is 9.58. The zero-order chi connectivity index (χ0) is 19.3. The van der Waals surface area contributed by atoms with Crippen LogP contribution in [0.25, 0.3) is 22.4 Å². The molecule has 2 heterocycles. The average Bonchev–Trinajstić information content (AvgIpc) is 2.97. The predicted octanol–water partition coefficient (Wildman–Crippen LogP) is 4.70. The van der Waals surface area contributed by atoms with Gasteiger partial charge in [0.05, 0.1) is 11.2 Å². The van der Waals surface area contributed by atoms with Crippen molar-refractivity contribution in [2.24, 2.45) is 0 Å². The fourth-order valence-corrected chi connectivity index (χ4v) is 3.50. The van der Waals surface area contributed by atoms with Crippen LogP contribution in [0.2, 0.25) is 5.02 Å². The van der Waals surface area contributed by atoms with Crippen molar-refractivity contribution in [3.05, 3.63) is 53.2 Å². The van der Waals surface area contributed by atoms with Crippen LogP contribution in [0.1, 0.15) is 5.56 Å². The Balaban J connectivity index is 1.89. The molecule has 1 aromatic heterocycles. The highest BCUT2D eigenvalue weighted by molar-refractivity contribution is 6.32. The van der Waals surface area contributed by atoms with Gasteiger partial charge in [-0.1, -0.05) is 29.8 Å². The SMILES string of the molecule is Oc1c(Cl)cccc1-c1ccc2c(c1)N(CC(F)(F)F)Cc1cnn(O)c1-2. The minimum absolute atomic E-state index is 0.0482. The second-order valence-corrected chi connectivity index (χ2v) is 6.65. The van der Waals surface area contributed by atoms with Gasteiger partial charge in [0.2, 0.25) is 0 Å². The number of aromatic hydroxyl groups is 1. The van der Waals surface area contributed by atoms with Gasteiger partial charge in [0.15, 0.2) is 0 Å². The highest BCUT2D eigenvalue weighted by atomic mass is 35.5. The van der Waals surface area contributed by atoms with E-state index in [1.807, 2.05) is 0 Å². The van der Waals surface area contributed by atoms with E-state index in [-0.39, 0.29) is 23.0 Å². The fourth-order valence-electron chi connectivity index (χ4n) is 3.33. The largest absolute Gasteiger partial charge is 0.506 e. The Morgan fingerprint density at radius 3 is 2.67 bits per heavy atom. The van der Waals surface area contributed by atoms with Gasteiger partial charge in [-0.25, -0.2) is 0 Å². The van der Waals surface area contributed by atoms with E-state index >= 15 is 0 Å². The summed E-state index contributed by atoms with van der Waals surface area (Å²) in [5, 5.41) is 24.0. The Morgan fingerprint density at radius 1 is 1.15 bits per heavy atom. The first-order chi connectivity index (χ1) is 12.7. The number of para-hydroxylation sites is 1. The van der Waals surface area contributed by atoms with Crippen LogP contribution in [-0.2, 0) is 6.54 Å². The molecule has 0 amide bonds. The van der Waals surface area contributed by atoms with Gasteiger partial charge in [0.1, 0.15) is 18.0 Å². The van der Waals surface area contributed by atoms with Gasteiger partial charge in [-0.05, 0) is 23.8 Å². The number of rotatable bonds is 2. The van der Waals surface area contributed by atoms with Gasteiger partial charge in [-0.15, -0.1) is 9.94 Å². The highest BCUT2D eigenvalue weighted by Gasteiger charge is 2.35. The molecule has 0 atom stereocenters. The topological polar surface area (TPSA) is 61.5 Å². The lowest BCUT2D eigenvalue weighted by Gasteiger charge is -2.32. The summed E-state index contributed by atoms with van der Waals surface area (Å²) in [7, 11) is 0. The third-order valence-electron chi connectivity index (χ3n) is 4.45. The maximum atomic E-state index is 13.1. The smallest absolute Gasteiger partial charge is 0.405 e. The second-order valence-electron chi connectivity index (χ2n) is 6.25. The number of alkyl halides is 3. The number of aromatic nitrogens is 2. The molecule has 140 valence electrons. The zero-order valence-electron chi connectivity index (χ0n) is 13.7. The molecular formula is C18H13ClF3N3O2. The minimum atomic E-state index is -4.40. The summed E-state index contributed by atoms with van der Waals surface area (Å²) in [6.07, 6.45) is -3.06. The van der Waals surface area contributed by atoms with E-state index in [0.29, 0.717) is 32.8 Å². The van der Waals surface area contributed by atoms with Crippen LogP contribution in [0.4, 0.5) is 18.9 Å². The molecule has 2 N–H and O–H groups in total. The van der Waals surface area contributed by atoms with Crippen molar-refractivity contribution in [3.8, 4) is 28.1 Å². The fraction of sp³-hybridized carbons (Fsp3) is 0.167. The molecule has 0 saturated heterocycles. The van der Waals surface area contributed by atoms with E-state index in [9.17, 15) is 23.5 Å². The third kappa shape index (κ3) is 3.06. The monoisotopic (exact) mass is 395 g/mol. The summed E-state index contributed by atoms with van der Waals surface area (Å²) in [5.41, 5.74) is 2.46. The number of benzene rings is 2. The molecule has 27 heavy (non-hydrogen) atoms. The van der Waals surface area contributed by atoms with E-state index in [2.05, 4.69) is 5.10 Å². The van der Waals surface area contributed by atoms with Crippen LogP contribution < -0.4 is 4.90 Å². The number of hydrogen-bond donors (Lipinski definition) is 2. The Bertz CT molecular complexity index is 1030. The van der Waals surface area contributed by atoms with Crippen LogP contribution >= 0.6 is 11.6 Å². The molecule has 0 unspecified atom stereocenters. The predicted molar refractivity (Wildman–Crippen MR) is 94.1 cm³/mol. The number of anilines is 1. The molecule has 0 bridgehead atoms. The van der Waals surface area contributed by atoms with E-state index in [1.165, 1.54) is 17.2 Å². The van der Waals surface area contributed by atoms with Crippen molar-refractivity contribution < 1.29 is 23.5 Å². The number of phenolic OH excluding ortho intramolecular Hbond substituents is 1. The molecule has 3 aromatic rings. The van der Waals surface area contributed by atoms with Gasteiger partial charge in [0.25, 0.3) is 0 Å². The number of fused-ring (bicyclic) bond motifs is 3. The Kier molecular flexibility index (Phi) is 3.96. The maximum absolute atomic E-state index is 13.1. The maximum Gasteiger partial charge on any atom is 0.405 e. The number of hydrogen-bond acceptors (Lipinski definition) is 4. The van der Waals surface area contributed by atoms with E-state index in [4.69, 9.17) is 11.6 Å². The first-order valence-electron chi connectivity index (χ1n) is 7.95.